The molecule has 0 aliphatic rings. The average molecular weight is 215 g/mol. The molecule has 0 amide bonds. The Labute approximate surface area is 84.0 Å². The highest BCUT2D eigenvalue weighted by atomic mass is 35.5. The first-order chi connectivity index (χ1) is 6.31. The fourth-order valence-corrected chi connectivity index (χ4v) is 2.18. The summed E-state index contributed by atoms with van der Waals surface area (Å²) in [5.74, 6) is 1.20. The summed E-state index contributed by atoms with van der Waals surface area (Å²) < 4.78 is 0. The number of H-pyrrole nitrogens is 1. The van der Waals surface area contributed by atoms with Gasteiger partial charge in [-0.3, -0.25) is 5.10 Å². The molecule has 6 heteroatoms. The molecule has 68 valence electrons. The van der Waals surface area contributed by atoms with Crippen LogP contribution in [0.15, 0.2) is 6.33 Å². The molecule has 2 heterocycles. The molecule has 2 aromatic heterocycles. The molecule has 0 aliphatic heterocycles. The number of hydrogen-bond donors (Lipinski definition) is 1. The van der Waals surface area contributed by atoms with Gasteiger partial charge in [0.05, 0.1) is 11.6 Å². The van der Waals surface area contributed by atoms with Gasteiger partial charge in [-0.25, -0.2) is 9.97 Å². The van der Waals surface area contributed by atoms with E-state index in [1.807, 2.05) is 6.92 Å². The van der Waals surface area contributed by atoms with Gasteiger partial charge in [0, 0.05) is 4.88 Å². The maximum Gasteiger partial charge on any atom is 0.184 e. The molecule has 0 unspecified atom stereocenters. The van der Waals surface area contributed by atoms with Gasteiger partial charge in [0.2, 0.25) is 0 Å². The van der Waals surface area contributed by atoms with Crippen molar-refractivity contribution >= 4 is 22.9 Å². The van der Waals surface area contributed by atoms with Crippen LogP contribution in [0.1, 0.15) is 10.6 Å². The Morgan fingerprint density at radius 2 is 2.46 bits per heavy atom. The molecule has 2 aromatic rings. The molecule has 0 fully saturated rings. The third-order valence-electron chi connectivity index (χ3n) is 1.63. The fourth-order valence-electron chi connectivity index (χ4n) is 0.962. The van der Waals surface area contributed by atoms with E-state index in [0.29, 0.717) is 11.7 Å². The minimum absolute atomic E-state index is 0.498. The van der Waals surface area contributed by atoms with Gasteiger partial charge in [-0.1, -0.05) is 0 Å². The van der Waals surface area contributed by atoms with E-state index in [4.69, 9.17) is 11.6 Å². The lowest BCUT2D eigenvalue weighted by Gasteiger charge is -1.84. The van der Waals surface area contributed by atoms with Gasteiger partial charge in [-0.2, -0.15) is 5.10 Å². The second-order valence-corrected chi connectivity index (χ2v) is 3.85. The van der Waals surface area contributed by atoms with E-state index in [-0.39, 0.29) is 0 Å². The summed E-state index contributed by atoms with van der Waals surface area (Å²) in [6.07, 6.45) is 1.46. The zero-order chi connectivity index (χ0) is 9.26. The van der Waals surface area contributed by atoms with Crippen molar-refractivity contribution in [3.63, 3.8) is 0 Å². The molecule has 0 spiro atoms. The Hall–Kier alpha value is -0.940. The number of nitrogens with zero attached hydrogens (tertiary/aromatic N) is 3. The summed E-state index contributed by atoms with van der Waals surface area (Å²) >= 11 is 7.27. The van der Waals surface area contributed by atoms with E-state index in [1.54, 1.807) is 11.3 Å². The van der Waals surface area contributed by atoms with Crippen molar-refractivity contribution in [2.45, 2.75) is 12.8 Å². The molecule has 0 radical (unpaired) electrons. The van der Waals surface area contributed by atoms with E-state index in [0.717, 1.165) is 15.6 Å². The number of aromatic amines is 1. The maximum absolute atomic E-state index is 5.73. The highest BCUT2D eigenvalue weighted by Crippen LogP contribution is 2.25. The summed E-state index contributed by atoms with van der Waals surface area (Å²) in [5, 5.41) is 7.36. The molecule has 0 aliphatic carbocycles. The third-order valence-corrected chi connectivity index (χ3v) is 3.22. The monoisotopic (exact) mass is 214 g/mol. The van der Waals surface area contributed by atoms with E-state index in [9.17, 15) is 0 Å². The molecular formula is C7H7ClN4S. The predicted octanol–water partition coefficient (Wildman–Crippen LogP) is 1.98. The first-order valence-corrected chi connectivity index (χ1v) is 5.04. The Bertz CT molecular complexity index is 395. The van der Waals surface area contributed by atoms with Crippen molar-refractivity contribution in [1.29, 1.82) is 0 Å². The van der Waals surface area contributed by atoms with Crippen LogP contribution in [0.5, 0.6) is 0 Å². The summed E-state index contributed by atoms with van der Waals surface area (Å²) in [6, 6.07) is 0. The normalized spacial score (nSPS) is 10.6. The number of hydrogen-bond acceptors (Lipinski definition) is 4. The lowest BCUT2D eigenvalue weighted by atomic mass is 10.4. The fraction of sp³-hybridized carbons (Fsp3) is 0.286. The second kappa shape index (κ2) is 3.43. The number of aryl methyl sites for hydroxylation is 1. The highest BCUT2D eigenvalue weighted by molar-refractivity contribution is 7.15. The molecule has 0 atom stereocenters. The van der Waals surface area contributed by atoms with Crippen LogP contribution in [0.2, 0.25) is 0 Å². The zero-order valence-corrected chi connectivity index (χ0v) is 8.48. The number of aromatic nitrogens is 4. The van der Waals surface area contributed by atoms with E-state index in [1.165, 1.54) is 6.33 Å². The summed E-state index contributed by atoms with van der Waals surface area (Å²) in [4.78, 5) is 9.41. The van der Waals surface area contributed by atoms with Gasteiger partial charge in [0.15, 0.2) is 10.8 Å². The molecular weight excluding hydrogens is 208 g/mol. The molecule has 0 saturated heterocycles. The molecule has 1 N–H and O–H groups in total. The first kappa shape index (κ1) is 8.65. The van der Waals surface area contributed by atoms with Crippen LogP contribution >= 0.6 is 22.9 Å². The Morgan fingerprint density at radius 1 is 1.62 bits per heavy atom. The predicted molar refractivity (Wildman–Crippen MR) is 51.8 cm³/mol. The molecule has 4 nitrogen and oxygen atoms in total. The van der Waals surface area contributed by atoms with Crippen molar-refractivity contribution < 1.29 is 0 Å². The third kappa shape index (κ3) is 1.57. The number of halogens is 1. The van der Waals surface area contributed by atoms with Gasteiger partial charge in [0.25, 0.3) is 0 Å². The van der Waals surface area contributed by atoms with Gasteiger partial charge >= 0.3 is 0 Å². The Kier molecular flexibility index (Phi) is 2.28. The number of alkyl halides is 1. The first-order valence-electron chi connectivity index (χ1n) is 3.69. The van der Waals surface area contributed by atoms with E-state index >= 15 is 0 Å². The van der Waals surface area contributed by atoms with Crippen molar-refractivity contribution in [2.75, 3.05) is 0 Å². The van der Waals surface area contributed by atoms with Crippen LogP contribution in [0.4, 0.5) is 0 Å². The van der Waals surface area contributed by atoms with Gasteiger partial charge in [-0.15, -0.1) is 22.9 Å². The van der Waals surface area contributed by atoms with Gasteiger partial charge in [-0.05, 0) is 6.92 Å². The number of thiazole rings is 1. The smallest absolute Gasteiger partial charge is 0.184 e. The topological polar surface area (TPSA) is 54.5 Å². The molecule has 2 rings (SSSR count). The number of nitrogens with one attached hydrogen (secondary N) is 1. The largest absolute Gasteiger partial charge is 0.257 e. The van der Waals surface area contributed by atoms with Gasteiger partial charge in [0.1, 0.15) is 6.33 Å². The molecule has 0 saturated carbocycles. The van der Waals surface area contributed by atoms with Crippen molar-refractivity contribution in [1.82, 2.24) is 20.2 Å². The van der Waals surface area contributed by atoms with Crippen LogP contribution in [0, 0.1) is 6.92 Å². The summed E-state index contributed by atoms with van der Waals surface area (Å²) in [6.45, 7) is 1.94. The Balaban J connectivity index is 2.43. The SMILES string of the molecule is Cc1nc(-c2ncn[nH]2)sc1CCl. The second-order valence-electron chi connectivity index (χ2n) is 2.50. The standard InChI is InChI=1S/C7H7ClN4S/c1-4-5(2-8)13-7(11-4)6-9-3-10-12-6/h3H,2H2,1H3,(H,9,10,12). The van der Waals surface area contributed by atoms with Crippen molar-refractivity contribution in [3.05, 3.63) is 16.9 Å². The molecule has 0 bridgehead atoms. The lowest BCUT2D eigenvalue weighted by Crippen LogP contribution is -1.79. The molecule has 13 heavy (non-hydrogen) atoms. The average Bonchev–Trinajstić information content (AvgIpc) is 2.71. The number of rotatable bonds is 2. The van der Waals surface area contributed by atoms with Crippen LogP contribution in [0.3, 0.4) is 0 Å². The van der Waals surface area contributed by atoms with Crippen LogP contribution in [-0.4, -0.2) is 20.2 Å². The molecule has 0 aromatic carbocycles. The van der Waals surface area contributed by atoms with Gasteiger partial charge < -0.3 is 0 Å². The summed E-state index contributed by atoms with van der Waals surface area (Å²) in [5.41, 5.74) is 0.964. The maximum atomic E-state index is 5.73. The van der Waals surface area contributed by atoms with E-state index < -0.39 is 0 Å². The summed E-state index contributed by atoms with van der Waals surface area (Å²) in [7, 11) is 0. The van der Waals surface area contributed by atoms with Crippen LogP contribution in [0.25, 0.3) is 10.8 Å². The van der Waals surface area contributed by atoms with Crippen molar-refractivity contribution in [3.8, 4) is 10.8 Å². The van der Waals surface area contributed by atoms with E-state index in [2.05, 4.69) is 20.2 Å². The lowest BCUT2D eigenvalue weighted by molar-refractivity contribution is 1.09. The Morgan fingerprint density at radius 3 is 3.00 bits per heavy atom. The quantitative estimate of drug-likeness (QED) is 0.778. The minimum atomic E-state index is 0.498. The highest BCUT2D eigenvalue weighted by Gasteiger charge is 2.09. The zero-order valence-electron chi connectivity index (χ0n) is 6.91. The minimum Gasteiger partial charge on any atom is -0.257 e. The van der Waals surface area contributed by atoms with Crippen LogP contribution in [-0.2, 0) is 5.88 Å². The van der Waals surface area contributed by atoms with Crippen LogP contribution < -0.4 is 0 Å². The van der Waals surface area contributed by atoms with Crippen molar-refractivity contribution in [2.24, 2.45) is 0 Å².